The molecule has 1 aliphatic rings. The number of hydrogen-bond acceptors (Lipinski definition) is 2. The molecule has 0 aromatic carbocycles. The van der Waals surface area contributed by atoms with Gasteiger partial charge in [-0.25, -0.2) is 4.79 Å². The Bertz CT molecular complexity index is 357. The van der Waals surface area contributed by atoms with Crippen LogP contribution in [-0.2, 0) is 4.79 Å². The zero-order valence-electron chi connectivity index (χ0n) is 13.7. The van der Waals surface area contributed by atoms with Crippen molar-refractivity contribution in [2.45, 2.75) is 59.4 Å². The molecule has 21 heavy (non-hydrogen) atoms. The van der Waals surface area contributed by atoms with Crippen molar-refractivity contribution in [2.75, 3.05) is 6.54 Å². The molecular weight excluding hydrogens is 268 g/mol. The van der Waals surface area contributed by atoms with Gasteiger partial charge >= 0.3 is 12.0 Å². The normalized spacial score (nSPS) is 26.6. The lowest BCUT2D eigenvalue weighted by Gasteiger charge is -2.22. The third-order valence-corrected chi connectivity index (χ3v) is 4.60. The van der Waals surface area contributed by atoms with Crippen molar-refractivity contribution in [3.63, 3.8) is 0 Å². The summed E-state index contributed by atoms with van der Waals surface area (Å²) in [4.78, 5) is 22.8. The van der Waals surface area contributed by atoms with E-state index in [0.717, 1.165) is 19.3 Å². The fourth-order valence-electron chi connectivity index (χ4n) is 3.18. The molecular formula is C16H30N2O3. The molecule has 3 unspecified atom stereocenters. The maximum absolute atomic E-state index is 12.0. The molecule has 5 nitrogen and oxygen atoms in total. The summed E-state index contributed by atoms with van der Waals surface area (Å²) in [5.41, 5.74) is 0. The quantitative estimate of drug-likeness (QED) is 0.676. The Kier molecular flexibility index (Phi) is 6.99. The summed E-state index contributed by atoms with van der Waals surface area (Å²) >= 11 is 0. The van der Waals surface area contributed by atoms with Crippen molar-refractivity contribution in [1.29, 1.82) is 0 Å². The molecule has 1 fully saturated rings. The number of urea groups is 1. The van der Waals surface area contributed by atoms with Crippen LogP contribution in [0, 0.1) is 23.7 Å². The zero-order chi connectivity index (χ0) is 16.0. The molecule has 0 aliphatic heterocycles. The summed E-state index contributed by atoms with van der Waals surface area (Å²) in [6.45, 7) is 8.95. The van der Waals surface area contributed by atoms with Crippen LogP contribution in [0.1, 0.15) is 53.4 Å². The van der Waals surface area contributed by atoms with Crippen LogP contribution in [0.25, 0.3) is 0 Å². The summed E-state index contributed by atoms with van der Waals surface area (Å²) in [7, 11) is 0. The first kappa shape index (κ1) is 17.8. The van der Waals surface area contributed by atoms with Crippen LogP contribution in [0.2, 0.25) is 0 Å². The van der Waals surface area contributed by atoms with E-state index < -0.39 is 5.97 Å². The number of rotatable bonds is 7. The molecule has 122 valence electrons. The molecule has 0 radical (unpaired) electrons. The molecule has 0 spiro atoms. The Morgan fingerprint density at radius 3 is 2.38 bits per heavy atom. The van der Waals surface area contributed by atoms with E-state index in [1.165, 1.54) is 0 Å². The van der Waals surface area contributed by atoms with Crippen molar-refractivity contribution in [2.24, 2.45) is 23.7 Å². The van der Waals surface area contributed by atoms with Gasteiger partial charge in [0, 0.05) is 19.0 Å². The van der Waals surface area contributed by atoms with E-state index in [2.05, 4.69) is 38.3 Å². The molecule has 3 N–H and O–H groups in total. The second-order valence-corrected chi connectivity index (χ2v) is 6.97. The lowest BCUT2D eigenvalue weighted by molar-refractivity contribution is -0.138. The fraction of sp³-hybridized carbons (Fsp3) is 0.875. The second-order valence-electron chi connectivity index (χ2n) is 6.97. The summed E-state index contributed by atoms with van der Waals surface area (Å²) in [6.07, 6.45) is 3.10. The molecule has 0 heterocycles. The minimum absolute atomic E-state index is 0.00632. The average Bonchev–Trinajstić information content (AvgIpc) is 2.66. The van der Waals surface area contributed by atoms with Crippen molar-refractivity contribution in [1.82, 2.24) is 10.6 Å². The highest BCUT2D eigenvalue weighted by molar-refractivity contribution is 5.74. The minimum atomic E-state index is -0.805. The highest BCUT2D eigenvalue weighted by Gasteiger charge is 2.30. The first-order valence-electron chi connectivity index (χ1n) is 8.05. The largest absolute Gasteiger partial charge is 0.481 e. The van der Waals surface area contributed by atoms with Gasteiger partial charge in [0.15, 0.2) is 0 Å². The number of amides is 2. The van der Waals surface area contributed by atoms with Gasteiger partial charge in [-0.1, -0.05) is 27.7 Å². The summed E-state index contributed by atoms with van der Waals surface area (Å²) in [6, 6.07) is 0.0723. The highest BCUT2D eigenvalue weighted by Crippen LogP contribution is 2.30. The van der Waals surface area contributed by atoms with E-state index in [1.54, 1.807) is 0 Å². The van der Waals surface area contributed by atoms with Gasteiger partial charge in [0.2, 0.25) is 0 Å². The van der Waals surface area contributed by atoms with E-state index >= 15 is 0 Å². The van der Waals surface area contributed by atoms with E-state index in [4.69, 9.17) is 5.11 Å². The number of carboxylic acids is 1. The van der Waals surface area contributed by atoms with Gasteiger partial charge in [-0.15, -0.1) is 0 Å². The zero-order valence-corrected chi connectivity index (χ0v) is 13.7. The Labute approximate surface area is 127 Å². The Hall–Kier alpha value is -1.26. The molecule has 0 saturated heterocycles. The third-order valence-electron chi connectivity index (χ3n) is 4.60. The molecule has 5 heteroatoms. The lowest BCUT2D eigenvalue weighted by atomic mass is 9.94. The molecule has 1 saturated carbocycles. The number of hydrogen-bond donors (Lipinski definition) is 3. The number of aliphatic carboxylic acids is 1. The predicted molar refractivity (Wildman–Crippen MR) is 83.1 cm³/mol. The number of carbonyl (C=O) groups excluding carboxylic acids is 1. The van der Waals surface area contributed by atoms with Gasteiger partial charge in [-0.05, 0) is 42.9 Å². The molecule has 2 amide bonds. The van der Waals surface area contributed by atoms with Crippen molar-refractivity contribution in [3.05, 3.63) is 0 Å². The Balaban J connectivity index is 2.37. The molecule has 0 aromatic heterocycles. The van der Waals surface area contributed by atoms with Crippen molar-refractivity contribution >= 4 is 12.0 Å². The number of nitrogens with one attached hydrogen (secondary N) is 2. The van der Waals surface area contributed by atoms with Gasteiger partial charge in [0.25, 0.3) is 0 Å². The maximum Gasteiger partial charge on any atom is 0.315 e. The summed E-state index contributed by atoms with van der Waals surface area (Å²) in [5.74, 6) is 0.765. The van der Waals surface area contributed by atoms with Gasteiger partial charge in [0.05, 0.1) is 0 Å². The van der Waals surface area contributed by atoms with Crippen LogP contribution in [-0.4, -0.2) is 29.7 Å². The predicted octanol–water partition coefficient (Wildman–Crippen LogP) is 2.86. The summed E-state index contributed by atoms with van der Waals surface area (Å²) in [5, 5.41) is 14.8. The van der Waals surface area contributed by atoms with Crippen LogP contribution >= 0.6 is 0 Å². The number of carbonyl (C=O) groups is 2. The van der Waals surface area contributed by atoms with Crippen LogP contribution in [0.15, 0.2) is 0 Å². The van der Waals surface area contributed by atoms with Crippen molar-refractivity contribution in [3.8, 4) is 0 Å². The Morgan fingerprint density at radius 2 is 1.90 bits per heavy atom. The maximum atomic E-state index is 12.0. The van der Waals surface area contributed by atoms with Crippen LogP contribution in [0.4, 0.5) is 4.79 Å². The molecule has 0 bridgehead atoms. The lowest BCUT2D eigenvalue weighted by Crippen LogP contribution is -2.45. The third kappa shape index (κ3) is 6.36. The molecule has 1 rings (SSSR count). The summed E-state index contributed by atoms with van der Waals surface area (Å²) < 4.78 is 0. The SMILES string of the molecule is CC(C)C[C@H](CNC(=O)NC1CCC(C)C1C)CC(=O)O. The monoisotopic (exact) mass is 298 g/mol. The molecule has 1 aliphatic carbocycles. The van der Waals surface area contributed by atoms with Gasteiger partial charge < -0.3 is 15.7 Å². The number of carboxylic acid groups (broad SMARTS) is 1. The van der Waals surface area contributed by atoms with Crippen molar-refractivity contribution < 1.29 is 14.7 Å². The smallest absolute Gasteiger partial charge is 0.315 e. The van der Waals surface area contributed by atoms with E-state index in [-0.39, 0.29) is 24.4 Å². The average molecular weight is 298 g/mol. The van der Waals surface area contributed by atoms with Crippen LogP contribution in [0.3, 0.4) is 0 Å². The standard InChI is InChI=1S/C16H30N2O3/c1-10(2)7-13(8-15(19)20)9-17-16(21)18-14-6-5-11(3)12(14)4/h10-14H,5-9H2,1-4H3,(H,19,20)(H2,17,18,21)/t11?,12?,13-,14?/m0/s1. The van der Waals surface area contributed by atoms with E-state index in [9.17, 15) is 9.59 Å². The molecule has 4 atom stereocenters. The topological polar surface area (TPSA) is 78.4 Å². The van der Waals surface area contributed by atoms with E-state index in [1.807, 2.05) is 0 Å². The second kappa shape index (κ2) is 8.25. The first-order valence-corrected chi connectivity index (χ1v) is 8.05. The van der Waals surface area contributed by atoms with Crippen LogP contribution < -0.4 is 10.6 Å². The van der Waals surface area contributed by atoms with Gasteiger partial charge in [-0.3, -0.25) is 4.79 Å². The fourth-order valence-corrected chi connectivity index (χ4v) is 3.18. The van der Waals surface area contributed by atoms with E-state index in [0.29, 0.717) is 24.3 Å². The minimum Gasteiger partial charge on any atom is -0.481 e. The van der Waals surface area contributed by atoms with Gasteiger partial charge in [0.1, 0.15) is 0 Å². The van der Waals surface area contributed by atoms with Gasteiger partial charge in [-0.2, -0.15) is 0 Å². The Morgan fingerprint density at radius 1 is 1.24 bits per heavy atom. The first-order chi connectivity index (χ1) is 9.79. The molecule has 0 aromatic rings. The highest BCUT2D eigenvalue weighted by atomic mass is 16.4. The van der Waals surface area contributed by atoms with Crippen LogP contribution in [0.5, 0.6) is 0 Å².